The van der Waals surface area contributed by atoms with Gasteiger partial charge in [-0.3, -0.25) is 9.88 Å². The van der Waals surface area contributed by atoms with Crippen LogP contribution >= 0.6 is 0 Å². The highest BCUT2D eigenvalue weighted by Gasteiger charge is 2.21. The van der Waals surface area contributed by atoms with Crippen LogP contribution in [-0.2, 0) is 0 Å². The lowest BCUT2D eigenvalue weighted by Gasteiger charge is -2.32. The van der Waals surface area contributed by atoms with E-state index in [0.717, 1.165) is 36.2 Å². The molecule has 1 aromatic carbocycles. The zero-order chi connectivity index (χ0) is 12.5. The maximum absolute atomic E-state index is 9.44. The van der Waals surface area contributed by atoms with Gasteiger partial charge in [-0.2, -0.15) is 0 Å². The standard InChI is InChI=1S/C14H17N3O/c1-17-7-6-15-9-14(17)13-4-2-10-8-11(18)3-5-12(10)16-13/h2-5,8,14-15,18H,6-7,9H2,1H3. The smallest absolute Gasteiger partial charge is 0.116 e. The van der Waals surface area contributed by atoms with Crippen LogP contribution in [0.1, 0.15) is 11.7 Å². The molecule has 4 nitrogen and oxygen atoms in total. The van der Waals surface area contributed by atoms with Crippen molar-refractivity contribution in [2.45, 2.75) is 6.04 Å². The molecule has 0 radical (unpaired) electrons. The second-order valence-electron chi connectivity index (χ2n) is 4.81. The van der Waals surface area contributed by atoms with Gasteiger partial charge in [0.1, 0.15) is 5.75 Å². The van der Waals surface area contributed by atoms with Crippen LogP contribution < -0.4 is 5.32 Å². The molecule has 0 saturated carbocycles. The number of benzene rings is 1. The van der Waals surface area contributed by atoms with Crippen LogP contribution in [0.4, 0.5) is 0 Å². The molecule has 1 saturated heterocycles. The number of hydrogen-bond donors (Lipinski definition) is 2. The summed E-state index contributed by atoms with van der Waals surface area (Å²) in [6.45, 7) is 3.02. The van der Waals surface area contributed by atoms with Gasteiger partial charge in [0, 0.05) is 25.0 Å². The van der Waals surface area contributed by atoms with Crippen molar-refractivity contribution in [1.29, 1.82) is 0 Å². The molecule has 0 aliphatic carbocycles. The predicted molar refractivity (Wildman–Crippen MR) is 71.6 cm³/mol. The molecule has 1 aliphatic rings. The summed E-state index contributed by atoms with van der Waals surface area (Å²) in [6.07, 6.45) is 0. The highest BCUT2D eigenvalue weighted by Crippen LogP contribution is 2.23. The summed E-state index contributed by atoms with van der Waals surface area (Å²) in [5, 5.41) is 13.8. The summed E-state index contributed by atoms with van der Waals surface area (Å²) < 4.78 is 0. The first-order valence-corrected chi connectivity index (χ1v) is 6.25. The average molecular weight is 243 g/mol. The number of aromatic hydroxyl groups is 1. The van der Waals surface area contributed by atoms with Gasteiger partial charge in [0.25, 0.3) is 0 Å². The van der Waals surface area contributed by atoms with Crippen LogP contribution in [0.5, 0.6) is 5.75 Å². The third-order valence-corrected chi connectivity index (χ3v) is 3.55. The lowest BCUT2D eigenvalue weighted by Crippen LogP contribution is -2.44. The van der Waals surface area contributed by atoms with Crippen molar-refractivity contribution in [3.8, 4) is 5.75 Å². The first-order valence-electron chi connectivity index (χ1n) is 6.25. The fourth-order valence-electron chi connectivity index (χ4n) is 2.45. The van der Waals surface area contributed by atoms with Crippen molar-refractivity contribution in [2.75, 3.05) is 26.7 Å². The van der Waals surface area contributed by atoms with E-state index in [1.54, 1.807) is 12.1 Å². The van der Waals surface area contributed by atoms with Crippen molar-refractivity contribution in [1.82, 2.24) is 15.2 Å². The van der Waals surface area contributed by atoms with Crippen molar-refractivity contribution < 1.29 is 5.11 Å². The topological polar surface area (TPSA) is 48.4 Å². The van der Waals surface area contributed by atoms with E-state index >= 15 is 0 Å². The van der Waals surface area contributed by atoms with E-state index in [-0.39, 0.29) is 5.75 Å². The lowest BCUT2D eigenvalue weighted by atomic mass is 10.1. The Kier molecular flexibility index (Phi) is 2.89. The van der Waals surface area contributed by atoms with Gasteiger partial charge in [-0.25, -0.2) is 0 Å². The number of phenolic OH excluding ortho intramolecular Hbond substituents is 1. The van der Waals surface area contributed by atoms with Gasteiger partial charge in [-0.1, -0.05) is 6.07 Å². The predicted octanol–water partition coefficient (Wildman–Crippen LogP) is 1.52. The average Bonchev–Trinajstić information content (AvgIpc) is 2.39. The van der Waals surface area contributed by atoms with Crippen molar-refractivity contribution >= 4 is 10.9 Å². The first-order chi connectivity index (χ1) is 8.74. The molecule has 2 aromatic rings. The molecule has 1 fully saturated rings. The fraction of sp³-hybridized carbons (Fsp3) is 0.357. The lowest BCUT2D eigenvalue weighted by molar-refractivity contribution is 0.199. The molecular formula is C14H17N3O. The van der Waals surface area contributed by atoms with Gasteiger partial charge < -0.3 is 10.4 Å². The van der Waals surface area contributed by atoms with Gasteiger partial charge in [-0.05, 0) is 31.3 Å². The second-order valence-corrected chi connectivity index (χ2v) is 4.81. The number of fused-ring (bicyclic) bond motifs is 1. The molecular weight excluding hydrogens is 226 g/mol. The summed E-state index contributed by atoms with van der Waals surface area (Å²) in [7, 11) is 2.13. The Bertz CT molecular complexity index is 570. The first kappa shape index (κ1) is 11.4. The van der Waals surface area contributed by atoms with Gasteiger partial charge in [-0.15, -0.1) is 0 Å². The number of nitrogens with zero attached hydrogens (tertiary/aromatic N) is 2. The Morgan fingerprint density at radius 2 is 2.22 bits per heavy atom. The number of pyridine rings is 1. The molecule has 0 spiro atoms. The van der Waals surface area contributed by atoms with E-state index in [4.69, 9.17) is 4.98 Å². The SMILES string of the molecule is CN1CCNCC1c1ccc2cc(O)ccc2n1. The number of rotatable bonds is 1. The Morgan fingerprint density at radius 3 is 3.06 bits per heavy atom. The maximum atomic E-state index is 9.44. The molecule has 2 heterocycles. The van der Waals surface area contributed by atoms with Crippen LogP contribution in [0.3, 0.4) is 0 Å². The third-order valence-electron chi connectivity index (χ3n) is 3.55. The van der Waals surface area contributed by atoms with Gasteiger partial charge in [0.2, 0.25) is 0 Å². The summed E-state index contributed by atoms with van der Waals surface area (Å²) in [5.41, 5.74) is 2.02. The van der Waals surface area contributed by atoms with E-state index in [9.17, 15) is 5.11 Å². The zero-order valence-electron chi connectivity index (χ0n) is 10.4. The molecule has 2 N–H and O–H groups in total. The van der Waals surface area contributed by atoms with E-state index in [0.29, 0.717) is 6.04 Å². The normalized spacial score (nSPS) is 21.3. The minimum absolute atomic E-state index is 0.286. The van der Waals surface area contributed by atoms with E-state index in [1.807, 2.05) is 12.1 Å². The van der Waals surface area contributed by atoms with E-state index < -0.39 is 0 Å². The Labute approximate surface area is 106 Å². The number of hydrogen-bond acceptors (Lipinski definition) is 4. The maximum Gasteiger partial charge on any atom is 0.116 e. The minimum atomic E-state index is 0.286. The van der Waals surface area contributed by atoms with Crippen molar-refractivity contribution in [3.05, 3.63) is 36.0 Å². The van der Waals surface area contributed by atoms with Crippen LogP contribution in [0.15, 0.2) is 30.3 Å². The second kappa shape index (κ2) is 4.55. The fourth-order valence-corrected chi connectivity index (χ4v) is 2.45. The number of piperazine rings is 1. The molecule has 0 amide bonds. The van der Waals surface area contributed by atoms with Gasteiger partial charge in [0.05, 0.1) is 17.3 Å². The largest absolute Gasteiger partial charge is 0.508 e. The zero-order valence-corrected chi connectivity index (χ0v) is 10.4. The third kappa shape index (κ3) is 2.05. The highest BCUT2D eigenvalue weighted by atomic mass is 16.3. The van der Waals surface area contributed by atoms with Crippen LogP contribution in [-0.4, -0.2) is 41.7 Å². The molecule has 4 heteroatoms. The van der Waals surface area contributed by atoms with E-state index in [1.165, 1.54) is 0 Å². The Hall–Kier alpha value is -1.65. The quantitative estimate of drug-likeness (QED) is 0.797. The van der Waals surface area contributed by atoms with E-state index in [2.05, 4.69) is 23.3 Å². The Balaban J connectivity index is 1.99. The van der Waals surface area contributed by atoms with Gasteiger partial charge >= 0.3 is 0 Å². The minimum Gasteiger partial charge on any atom is -0.508 e. The summed E-state index contributed by atoms with van der Waals surface area (Å²) in [5.74, 6) is 0.286. The molecule has 1 aliphatic heterocycles. The van der Waals surface area contributed by atoms with Crippen molar-refractivity contribution in [3.63, 3.8) is 0 Å². The molecule has 1 unspecified atom stereocenters. The molecule has 1 aromatic heterocycles. The van der Waals surface area contributed by atoms with Crippen molar-refractivity contribution in [2.24, 2.45) is 0 Å². The summed E-state index contributed by atoms with van der Waals surface area (Å²) in [6, 6.07) is 9.70. The Morgan fingerprint density at radius 1 is 1.33 bits per heavy atom. The number of aromatic nitrogens is 1. The molecule has 0 bridgehead atoms. The van der Waals surface area contributed by atoms with Crippen LogP contribution in [0.2, 0.25) is 0 Å². The highest BCUT2D eigenvalue weighted by molar-refractivity contribution is 5.80. The summed E-state index contributed by atoms with van der Waals surface area (Å²) >= 11 is 0. The molecule has 1 atom stereocenters. The monoisotopic (exact) mass is 243 g/mol. The summed E-state index contributed by atoms with van der Waals surface area (Å²) in [4.78, 5) is 7.02. The molecule has 3 rings (SSSR count). The van der Waals surface area contributed by atoms with Crippen LogP contribution in [0, 0.1) is 0 Å². The number of phenols is 1. The molecule has 18 heavy (non-hydrogen) atoms. The number of likely N-dealkylation sites (N-methyl/N-ethyl adjacent to an activating group) is 1. The number of nitrogens with one attached hydrogen (secondary N) is 1. The van der Waals surface area contributed by atoms with Crippen LogP contribution in [0.25, 0.3) is 10.9 Å². The van der Waals surface area contributed by atoms with Gasteiger partial charge in [0.15, 0.2) is 0 Å². The molecule has 94 valence electrons.